The molecule has 0 bridgehead atoms. The highest BCUT2D eigenvalue weighted by Gasteiger charge is 2.04. The van der Waals surface area contributed by atoms with E-state index in [2.05, 4.69) is 17.2 Å². The lowest BCUT2D eigenvalue weighted by Crippen LogP contribution is -2.22. The fourth-order valence-corrected chi connectivity index (χ4v) is 1.12. The summed E-state index contributed by atoms with van der Waals surface area (Å²) >= 11 is 0. The van der Waals surface area contributed by atoms with Crippen LogP contribution in [0.3, 0.4) is 0 Å². The van der Waals surface area contributed by atoms with E-state index in [9.17, 15) is 5.11 Å². The smallest absolute Gasteiger partial charge is 0.0915 e. The Kier molecular flexibility index (Phi) is 4.43. The van der Waals surface area contributed by atoms with Crippen molar-refractivity contribution in [2.75, 3.05) is 13.1 Å². The SMILES string of the molecule is CCCNCC(O)c1ccncc1. The van der Waals surface area contributed by atoms with Gasteiger partial charge in [-0.15, -0.1) is 0 Å². The quantitative estimate of drug-likeness (QED) is 0.667. The first-order valence-corrected chi connectivity index (χ1v) is 4.63. The third-order valence-corrected chi connectivity index (χ3v) is 1.86. The van der Waals surface area contributed by atoms with E-state index in [0.29, 0.717) is 6.54 Å². The van der Waals surface area contributed by atoms with Gasteiger partial charge in [-0.1, -0.05) is 6.92 Å². The van der Waals surface area contributed by atoms with Crippen molar-refractivity contribution in [3.8, 4) is 0 Å². The van der Waals surface area contributed by atoms with Crippen LogP contribution in [0.25, 0.3) is 0 Å². The monoisotopic (exact) mass is 180 g/mol. The summed E-state index contributed by atoms with van der Waals surface area (Å²) in [5, 5.41) is 12.8. The van der Waals surface area contributed by atoms with Crippen molar-refractivity contribution in [1.82, 2.24) is 10.3 Å². The average molecular weight is 180 g/mol. The van der Waals surface area contributed by atoms with Crippen LogP contribution in [-0.4, -0.2) is 23.2 Å². The number of aromatic nitrogens is 1. The largest absolute Gasteiger partial charge is 0.387 e. The molecule has 0 aromatic carbocycles. The molecule has 72 valence electrons. The lowest BCUT2D eigenvalue weighted by atomic mass is 10.1. The van der Waals surface area contributed by atoms with Gasteiger partial charge >= 0.3 is 0 Å². The number of aliphatic hydroxyl groups excluding tert-OH is 1. The van der Waals surface area contributed by atoms with Gasteiger partial charge in [-0.25, -0.2) is 0 Å². The highest BCUT2D eigenvalue weighted by atomic mass is 16.3. The van der Waals surface area contributed by atoms with Gasteiger partial charge < -0.3 is 10.4 Å². The second-order valence-corrected chi connectivity index (χ2v) is 3.00. The van der Waals surface area contributed by atoms with Gasteiger partial charge in [-0.05, 0) is 30.7 Å². The van der Waals surface area contributed by atoms with Crippen LogP contribution < -0.4 is 5.32 Å². The number of hydrogen-bond acceptors (Lipinski definition) is 3. The van der Waals surface area contributed by atoms with Crippen molar-refractivity contribution in [3.05, 3.63) is 30.1 Å². The molecule has 3 heteroatoms. The molecule has 1 heterocycles. The van der Waals surface area contributed by atoms with E-state index in [0.717, 1.165) is 18.5 Å². The maximum Gasteiger partial charge on any atom is 0.0915 e. The number of nitrogens with one attached hydrogen (secondary N) is 1. The van der Waals surface area contributed by atoms with Gasteiger partial charge in [-0.3, -0.25) is 4.98 Å². The zero-order chi connectivity index (χ0) is 9.52. The highest BCUT2D eigenvalue weighted by Crippen LogP contribution is 2.08. The molecular formula is C10H16N2O. The van der Waals surface area contributed by atoms with Crippen LogP contribution in [0.2, 0.25) is 0 Å². The molecule has 1 aromatic rings. The van der Waals surface area contributed by atoms with Gasteiger partial charge in [0.2, 0.25) is 0 Å². The van der Waals surface area contributed by atoms with Gasteiger partial charge in [0, 0.05) is 18.9 Å². The van der Waals surface area contributed by atoms with Crippen molar-refractivity contribution < 1.29 is 5.11 Å². The van der Waals surface area contributed by atoms with Crippen molar-refractivity contribution in [2.45, 2.75) is 19.4 Å². The third kappa shape index (κ3) is 3.53. The van der Waals surface area contributed by atoms with Crippen molar-refractivity contribution in [3.63, 3.8) is 0 Å². The Hall–Kier alpha value is -0.930. The van der Waals surface area contributed by atoms with Crippen LogP contribution >= 0.6 is 0 Å². The highest BCUT2D eigenvalue weighted by molar-refractivity contribution is 5.13. The average Bonchev–Trinajstić information content (AvgIpc) is 2.19. The molecular weight excluding hydrogens is 164 g/mol. The normalized spacial score (nSPS) is 12.8. The van der Waals surface area contributed by atoms with E-state index in [1.54, 1.807) is 12.4 Å². The van der Waals surface area contributed by atoms with Crippen LogP contribution in [0, 0.1) is 0 Å². The van der Waals surface area contributed by atoms with E-state index < -0.39 is 6.10 Å². The molecule has 2 N–H and O–H groups in total. The predicted octanol–water partition coefficient (Wildman–Crippen LogP) is 1.11. The van der Waals surface area contributed by atoms with Crippen LogP contribution in [0.1, 0.15) is 25.0 Å². The number of rotatable bonds is 5. The van der Waals surface area contributed by atoms with Crippen LogP contribution in [0.15, 0.2) is 24.5 Å². The maximum atomic E-state index is 9.66. The Morgan fingerprint density at radius 3 is 2.77 bits per heavy atom. The molecule has 1 aromatic heterocycles. The van der Waals surface area contributed by atoms with Crippen molar-refractivity contribution >= 4 is 0 Å². The van der Waals surface area contributed by atoms with Crippen LogP contribution in [0.4, 0.5) is 0 Å². The number of nitrogens with zero attached hydrogens (tertiary/aromatic N) is 1. The fourth-order valence-electron chi connectivity index (χ4n) is 1.12. The first kappa shape index (κ1) is 10.2. The van der Waals surface area contributed by atoms with E-state index in [1.165, 1.54) is 0 Å². The molecule has 0 aliphatic carbocycles. The number of pyridine rings is 1. The molecule has 13 heavy (non-hydrogen) atoms. The standard InChI is InChI=1S/C10H16N2O/c1-2-5-12-8-10(13)9-3-6-11-7-4-9/h3-4,6-7,10,12-13H,2,5,8H2,1H3. The van der Waals surface area contributed by atoms with E-state index in [-0.39, 0.29) is 0 Å². The minimum Gasteiger partial charge on any atom is -0.387 e. The van der Waals surface area contributed by atoms with E-state index >= 15 is 0 Å². The second-order valence-electron chi connectivity index (χ2n) is 3.00. The lowest BCUT2D eigenvalue weighted by molar-refractivity contribution is 0.175. The molecule has 0 fully saturated rings. The Morgan fingerprint density at radius 2 is 2.15 bits per heavy atom. The first-order chi connectivity index (χ1) is 6.34. The van der Waals surface area contributed by atoms with Gasteiger partial charge in [0.1, 0.15) is 0 Å². The molecule has 0 amide bonds. The Labute approximate surface area is 78.8 Å². The number of hydrogen-bond donors (Lipinski definition) is 2. The molecule has 1 atom stereocenters. The van der Waals surface area contributed by atoms with Crippen LogP contribution in [-0.2, 0) is 0 Å². The van der Waals surface area contributed by atoms with Crippen molar-refractivity contribution in [1.29, 1.82) is 0 Å². The Balaban J connectivity index is 2.35. The molecule has 0 spiro atoms. The van der Waals surface area contributed by atoms with Gasteiger partial charge in [0.15, 0.2) is 0 Å². The summed E-state index contributed by atoms with van der Waals surface area (Å²) < 4.78 is 0. The third-order valence-electron chi connectivity index (χ3n) is 1.86. The zero-order valence-corrected chi connectivity index (χ0v) is 7.90. The van der Waals surface area contributed by atoms with E-state index in [4.69, 9.17) is 0 Å². The minimum absolute atomic E-state index is 0.422. The van der Waals surface area contributed by atoms with Gasteiger partial charge in [0.05, 0.1) is 6.10 Å². The van der Waals surface area contributed by atoms with Gasteiger partial charge in [0.25, 0.3) is 0 Å². The van der Waals surface area contributed by atoms with Crippen molar-refractivity contribution in [2.24, 2.45) is 0 Å². The summed E-state index contributed by atoms with van der Waals surface area (Å²) in [4.78, 5) is 3.89. The van der Waals surface area contributed by atoms with E-state index in [1.807, 2.05) is 12.1 Å². The summed E-state index contributed by atoms with van der Waals surface area (Å²) in [7, 11) is 0. The molecule has 3 nitrogen and oxygen atoms in total. The summed E-state index contributed by atoms with van der Waals surface area (Å²) in [6, 6.07) is 3.66. The van der Waals surface area contributed by atoms with Crippen LogP contribution in [0.5, 0.6) is 0 Å². The summed E-state index contributed by atoms with van der Waals surface area (Å²) in [5.74, 6) is 0. The lowest BCUT2D eigenvalue weighted by Gasteiger charge is -2.10. The number of aliphatic hydroxyl groups is 1. The second kappa shape index (κ2) is 5.67. The first-order valence-electron chi connectivity index (χ1n) is 4.63. The maximum absolute atomic E-state index is 9.66. The molecule has 0 radical (unpaired) electrons. The molecule has 0 saturated carbocycles. The Morgan fingerprint density at radius 1 is 1.46 bits per heavy atom. The summed E-state index contributed by atoms with van der Waals surface area (Å²) in [5.41, 5.74) is 0.915. The Bertz CT molecular complexity index is 226. The zero-order valence-electron chi connectivity index (χ0n) is 7.90. The minimum atomic E-state index is -0.422. The molecule has 0 aliphatic rings. The molecule has 1 unspecified atom stereocenters. The van der Waals surface area contributed by atoms with Gasteiger partial charge in [-0.2, -0.15) is 0 Å². The fraction of sp³-hybridized carbons (Fsp3) is 0.500. The predicted molar refractivity (Wildman–Crippen MR) is 52.4 cm³/mol. The summed E-state index contributed by atoms with van der Waals surface area (Å²) in [6.45, 7) is 3.66. The molecule has 0 saturated heterocycles. The molecule has 0 aliphatic heterocycles. The topological polar surface area (TPSA) is 45.1 Å². The summed E-state index contributed by atoms with van der Waals surface area (Å²) in [6.07, 6.45) is 4.05. The molecule has 1 rings (SSSR count).